The Morgan fingerprint density at radius 3 is 2.96 bits per heavy atom. The molecule has 2 heterocycles. The molecule has 0 radical (unpaired) electrons. The third-order valence-corrected chi connectivity index (χ3v) is 7.38. The molecule has 0 bridgehead atoms. The Bertz CT molecular complexity index is 929. The third-order valence-electron chi connectivity index (χ3n) is 6.63. The highest BCUT2D eigenvalue weighted by atomic mass is 127. The molecule has 8 heteroatoms. The molecule has 2 aromatic rings. The molecule has 0 amide bonds. The van der Waals surface area contributed by atoms with Crippen LogP contribution in [0.4, 0.5) is 0 Å². The first-order chi connectivity index (χ1) is 11.8. The summed E-state index contributed by atoms with van der Waals surface area (Å²) in [7, 11) is 0. The van der Waals surface area contributed by atoms with Crippen molar-refractivity contribution in [1.82, 2.24) is 19.5 Å². The SMILES string of the molecule is CCOC(=O)[C@]12C[C@@H]1[C@H](n1cnc3c(Cl)nc(I)nc31)[C@H]1[C@@H]2C1(C)C. The Hall–Kier alpha value is -0.960. The average molecular weight is 473 g/mol. The van der Waals surface area contributed by atoms with Gasteiger partial charge in [0.1, 0.15) is 5.52 Å². The fraction of sp³-hybridized carbons (Fsp3) is 0.647. The number of aromatic nitrogens is 4. The molecule has 6 nitrogen and oxygen atoms in total. The van der Waals surface area contributed by atoms with Crippen LogP contribution in [0.2, 0.25) is 5.15 Å². The number of ether oxygens (including phenoxy) is 1. The number of imidazole rings is 1. The zero-order chi connectivity index (χ0) is 17.7. The second kappa shape index (κ2) is 4.85. The van der Waals surface area contributed by atoms with Crippen LogP contribution < -0.4 is 0 Å². The minimum atomic E-state index is -0.310. The van der Waals surface area contributed by atoms with Crippen LogP contribution in [0.1, 0.15) is 33.2 Å². The molecule has 0 saturated heterocycles. The van der Waals surface area contributed by atoms with E-state index in [-0.39, 0.29) is 22.8 Å². The first kappa shape index (κ1) is 16.2. The van der Waals surface area contributed by atoms with Crippen LogP contribution >= 0.6 is 34.2 Å². The monoisotopic (exact) mass is 472 g/mol. The molecule has 0 aliphatic heterocycles. The lowest BCUT2D eigenvalue weighted by Gasteiger charge is -2.22. The highest BCUT2D eigenvalue weighted by molar-refractivity contribution is 14.1. The third kappa shape index (κ3) is 1.86. The average Bonchev–Trinajstić information content (AvgIpc) is 3.26. The molecule has 132 valence electrons. The summed E-state index contributed by atoms with van der Waals surface area (Å²) in [6, 6.07) is 0.219. The van der Waals surface area contributed by atoms with Crippen molar-refractivity contribution >= 4 is 51.3 Å². The Balaban J connectivity index is 1.62. The molecule has 0 N–H and O–H groups in total. The van der Waals surface area contributed by atoms with Crippen LogP contribution in [0, 0.1) is 32.4 Å². The summed E-state index contributed by atoms with van der Waals surface area (Å²) in [6.45, 7) is 6.83. The van der Waals surface area contributed by atoms with E-state index in [2.05, 4.69) is 56.0 Å². The molecule has 0 unspecified atom stereocenters. The Morgan fingerprint density at radius 2 is 2.24 bits per heavy atom. The summed E-state index contributed by atoms with van der Waals surface area (Å²) in [5.74, 6) is 1.11. The molecule has 3 aliphatic rings. The van der Waals surface area contributed by atoms with Crippen molar-refractivity contribution in [3.63, 3.8) is 0 Å². The maximum Gasteiger partial charge on any atom is 0.312 e. The number of carbonyl (C=O) groups is 1. The van der Waals surface area contributed by atoms with Gasteiger partial charge in [-0.15, -0.1) is 0 Å². The van der Waals surface area contributed by atoms with E-state index in [1.807, 2.05) is 13.3 Å². The van der Waals surface area contributed by atoms with E-state index in [1.54, 1.807) is 0 Å². The van der Waals surface area contributed by atoms with Gasteiger partial charge in [-0.3, -0.25) is 4.79 Å². The summed E-state index contributed by atoms with van der Waals surface area (Å²) >= 11 is 8.32. The van der Waals surface area contributed by atoms with E-state index in [0.717, 1.165) is 12.1 Å². The first-order valence-corrected chi connectivity index (χ1v) is 10.0. The topological polar surface area (TPSA) is 69.9 Å². The molecule has 3 fully saturated rings. The number of esters is 1. The van der Waals surface area contributed by atoms with Gasteiger partial charge in [0.05, 0.1) is 18.3 Å². The molecule has 3 aliphatic carbocycles. The quantitative estimate of drug-likeness (QED) is 0.296. The number of rotatable bonds is 3. The van der Waals surface area contributed by atoms with E-state index in [0.29, 0.717) is 38.9 Å². The van der Waals surface area contributed by atoms with Gasteiger partial charge in [-0.1, -0.05) is 25.4 Å². The molecule has 5 atom stereocenters. The molecule has 0 spiro atoms. The molecular weight excluding hydrogens is 455 g/mol. The number of carbonyl (C=O) groups excluding carboxylic acids is 1. The molecule has 2 aromatic heterocycles. The van der Waals surface area contributed by atoms with E-state index in [9.17, 15) is 4.79 Å². The smallest absolute Gasteiger partial charge is 0.312 e. The van der Waals surface area contributed by atoms with Gasteiger partial charge < -0.3 is 9.30 Å². The number of hydrogen-bond acceptors (Lipinski definition) is 5. The van der Waals surface area contributed by atoms with Crippen molar-refractivity contribution in [3.8, 4) is 0 Å². The molecule has 5 rings (SSSR count). The second-order valence-electron chi connectivity index (χ2n) is 7.99. The van der Waals surface area contributed by atoms with E-state index in [1.165, 1.54) is 0 Å². The molecule has 25 heavy (non-hydrogen) atoms. The number of nitrogens with zero attached hydrogens (tertiary/aromatic N) is 4. The minimum Gasteiger partial charge on any atom is -0.466 e. The van der Waals surface area contributed by atoms with Crippen LogP contribution in [-0.2, 0) is 9.53 Å². The van der Waals surface area contributed by atoms with Gasteiger partial charge in [0.15, 0.2) is 14.6 Å². The zero-order valence-corrected chi connectivity index (χ0v) is 17.1. The number of fused-ring (bicyclic) bond motifs is 4. The van der Waals surface area contributed by atoms with Gasteiger partial charge >= 0.3 is 5.97 Å². The minimum absolute atomic E-state index is 0.0188. The number of hydrogen-bond donors (Lipinski definition) is 0. The van der Waals surface area contributed by atoms with Gasteiger partial charge in [0.25, 0.3) is 0 Å². The van der Waals surface area contributed by atoms with Gasteiger partial charge in [-0.05, 0) is 36.5 Å². The predicted octanol–water partition coefficient (Wildman–Crippen LogP) is 3.48. The fourth-order valence-corrected chi connectivity index (χ4v) is 6.53. The second-order valence-corrected chi connectivity index (χ2v) is 9.32. The standard InChI is InChI=1S/C17H18ClIN4O2/c1-4-25-14(24)17-5-7(17)10(8-11(17)16(8,2)3)23-6-20-9-12(18)21-15(19)22-13(9)23/h6-8,10-11H,4-5H2,1-3H3/t7-,8+,10+,11-,17-/m1/s1. The highest BCUT2D eigenvalue weighted by Crippen LogP contribution is 2.88. The molecule has 3 saturated carbocycles. The zero-order valence-electron chi connectivity index (χ0n) is 14.2. The number of halogens is 2. The Morgan fingerprint density at radius 1 is 1.48 bits per heavy atom. The van der Waals surface area contributed by atoms with Crippen molar-refractivity contribution in [2.45, 2.75) is 33.2 Å². The summed E-state index contributed by atoms with van der Waals surface area (Å²) in [5, 5.41) is 0.380. The van der Waals surface area contributed by atoms with Gasteiger partial charge in [0.2, 0.25) is 0 Å². The van der Waals surface area contributed by atoms with E-state index < -0.39 is 0 Å². The summed E-state index contributed by atoms with van der Waals surface area (Å²) in [6.07, 6.45) is 2.72. The summed E-state index contributed by atoms with van der Waals surface area (Å²) < 4.78 is 8.18. The van der Waals surface area contributed by atoms with Crippen molar-refractivity contribution < 1.29 is 9.53 Å². The Kier molecular flexibility index (Phi) is 3.15. The molecular formula is C17H18ClIN4O2. The largest absolute Gasteiger partial charge is 0.466 e. The van der Waals surface area contributed by atoms with Crippen molar-refractivity contribution in [1.29, 1.82) is 0 Å². The summed E-state index contributed by atoms with van der Waals surface area (Å²) in [5.41, 5.74) is 1.22. The van der Waals surface area contributed by atoms with Crippen LogP contribution in [0.3, 0.4) is 0 Å². The van der Waals surface area contributed by atoms with Crippen LogP contribution in [0.15, 0.2) is 6.33 Å². The van der Waals surface area contributed by atoms with Crippen LogP contribution in [-0.4, -0.2) is 32.1 Å². The fourth-order valence-electron chi connectivity index (χ4n) is 5.71. The Labute approximate surface area is 163 Å². The highest BCUT2D eigenvalue weighted by Gasteiger charge is 2.88. The van der Waals surface area contributed by atoms with Crippen LogP contribution in [0.5, 0.6) is 0 Å². The van der Waals surface area contributed by atoms with E-state index in [4.69, 9.17) is 16.3 Å². The van der Waals surface area contributed by atoms with Gasteiger partial charge in [0, 0.05) is 28.6 Å². The predicted molar refractivity (Wildman–Crippen MR) is 100 cm³/mol. The van der Waals surface area contributed by atoms with Crippen molar-refractivity contribution in [2.24, 2.45) is 28.6 Å². The summed E-state index contributed by atoms with van der Waals surface area (Å²) in [4.78, 5) is 25.9. The lowest BCUT2D eigenvalue weighted by atomic mass is 9.90. The lowest BCUT2D eigenvalue weighted by Crippen LogP contribution is -2.26. The first-order valence-electron chi connectivity index (χ1n) is 8.56. The maximum atomic E-state index is 12.7. The maximum absolute atomic E-state index is 12.7. The molecule has 0 aromatic carbocycles. The van der Waals surface area contributed by atoms with Gasteiger partial charge in [-0.25, -0.2) is 15.0 Å². The lowest BCUT2D eigenvalue weighted by molar-refractivity contribution is -0.151. The van der Waals surface area contributed by atoms with Crippen molar-refractivity contribution in [3.05, 3.63) is 15.3 Å². The van der Waals surface area contributed by atoms with E-state index >= 15 is 0 Å². The van der Waals surface area contributed by atoms with Gasteiger partial charge in [-0.2, -0.15) is 0 Å². The normalized spacial score (nSPS) is 36.8. The van der Waals surface area contributed by atoms with Crippen LogP contribution in [0.25, 0.3) is 11.2 Å². The van der Waals surface area contributed by atoms with Crippen molar-refractivity contribution in [2.75, 3.05) is 6.61 Å².